The van der Waals surface area contributed by atoms with Crippen LogP contribution in [-0.2, 0) is 0 Å². The minimum Gasteiger partial charge on any atom is -0.436 e. The molecule has 12 bridgehead atoms. The Morgan fingerprint density at radius 3 is 1.11 bits per heavy atom. The molecule has 20 nitrogen and oxygen atoms in total. The highest BCUT2D eigenvalue weighted by atomic mass is 16.4. The number of anilines is 6. The number of furan rings is 6. The molecule has 16 atom stereocenters. The Morgan fingerprint density at radius 2 is 0.673 bits per heavy atom. The van der Waals surface area contributed by atoms with Crippen LogP contribution < -0.4 is 29.4 Å². The SMILES string of the molecule is Cc1ccc2c(n1)oc1c(N3C4CCC(C)(C4)[C@@H]3C)c(C)ccc12.Cc1ccc2c(n1)oc1c(N3C4CCC(C4)[C@@H]3C)c(C)ccc12.Cc1ccc2c(n1)oc1c(N3[C@@H](C)C4(C)CCC3(C)C4)c(C)ccc12.Cc1ccc2c(n1)oc1c(N3[C@@H](C)C4CCC3(C)C4)c(C)ccc12.Cc1ccc2c(oc3ncccc32)c1N1C2CCC(CC2)N(C)[C@@H]1C.Cc1ccc2c(oc3ncccc32)c1N1C2CCC(c3ccccc32)N(C)[C@@H]1C. The number of fused-ring (bicyclic) bond motifs is 33. The molecule has 7 saturated heterocycles. The van der Waals surface area contributed by atoms with Gasteiger partial charge in [-0.1, -0.05) is 111 Å². The Kier molecular flexibility index (Phi) is 23.0. The minimum absolute atomic E-state index is 0.232. The largest absolute Gasteiger partial charge is 0.436 e. The monoisotopic (exact) mass is 2000 g/mol. The third-order valence-corrected chi connectivity index (χ3v) is 39.8. The fraction of sp³-hybridized carbons (Fsp3) is 0.446. The number of pyridine rings is 6. The summed E-state index contributed by atoms with van der Waals surface area (Å²) >= 11 is 0. The van der Waals surface area contributed by atoms with Crippen molar-refractivity contribution >= 4 is 167 Å². The van der Waals surface area contributed by atoms with Gasteiger partial charge in [0.15, 0.2) is 33.5 Å². The van der Waals surface area contributed by atoms with E-state index < -0.39 is 0 Å². The van der Waals surface area contributed by atoms with Gasteiger partial charge in [0, 0.05) is 165 Å². The van der Waals surface area contributed by atoms with E-state index in [-0.39, 0.29) is 17.2 Å². The first kappa shape index (κ1) is 96.5. The molecule has 0 N–H and O–H groups in total. The van der Waals surface area contributed by atoms with E-state index >= 15 is 0 Å². The number of piperidine rings is 4. The summed E-state index contributed by atoms with van der Waals surface area (Å²) in [7, 11) is 4.55. The number of aryl methyl sites for hydroxylation is 10. The van der Waals surface area contributed by atoms with E-state index in [0.29, 0.717) is 77.4 Å². The zero-order valence-electron chi connectivity index (χ0n) is 91.8. The second kappa shape index (κ2) is 35.8. The second-order valence-electron chi connectivity index (χ2n) is 48.8. The van der Waals surface area contributed by atoms with Crippen molar-refractivity contribution in [2.24, 2.45) is 22.7 Å². The van der Waals surface area contributed by atoms with Crippen molar-refractivity contribution in [3.63, 3.8) is 0 Å². The van der Waals surface area contributed by atoms with Crippen molar-refractivity contribution in [3.05, 3.63) is 250 Å². The zero-order valence-corrected chi connectivity index (χ0v) is 91.8. The Morgan fingerprint density at radius 1 is 0.280 bits per heavy atom. The van der Waals surface area contributed by atoms with Crippen molar-refractivity contribution in [1.29, 1.82) is 0 Å². The smallest absolute Gasteiger partial charge is 0.227 e. The van der Waals surface area contributed by atoms with Crippen LogP contribution in [0.3, 0.4) is 0 Å². The fourth-order valence-corrected chi connectivity index (χ4v) is 31.4. The van der Waals surface area contributed by atoms with Crippen LogP contribution in [-0.4, -0.2) is 126 Å². The molecule has 12 aromatic heterocycles. The summed E-state index contributed by atoms with van der Waals surface area (Å²) in [6, 6.07) is 66.4. The van der Waals surface area contributed by atoms with E-state index in [1.807, 2.05) is 39.8 Å². The molecule has 150 heavy (non-hydrogen) atoms. The van der Waals surface area contributed by atoms with Gasteiger partial charge in [0.25, 0.3) is 0 Å². The number of nitrogens with zero attached hydrogens (tertiary/aromatic N) is 14. The molecule has 19 aromatic rings. The Labute approximate surface area is 880 Å². The highest BCUT2D eigenvalue weighted by molar-refractivity contribution is 6.14. The maximum Gasteiger partial charge on any atom is 0.227 e. The molecule has 20 heterocycles. The van der Waals surface area contributed by atoms with Crippen molar-refractivity contribution in [2.45, 2.75) is 338 Å². The van der Waals surface area contributed by atoms with Crippen LogP contribution in [0, 0.1) is 91.9 Å². The first-order valence-corrected chi connectivity index (χ1v) is 56.2. The molecule has 12 fully saturated rings. The summed E-state index contributed by atoms with van der Waals surface area (Å²) in [5.41, 5.74) is 34.3. The summed E-state index contributed by atoms with van der Waals surface area (Å²) < 4.78 is 37.8. The molecule has 33 rings (SSSR count). The van der Waals surface area contributed by atoms with Gasteiger partial charge < -0.3 is 55.9 Å². The standard InChI is InChI=1S/C25H25N3O.C22H26N2O.C21H25N3O.2C21H24N2O.C20H22N2O/c1-15-10-11-19-20-9-6-14-26-25(20)29-24(19)23(15)28-16(2)27(3)21-12-13-22(28)18-8-5-4-7-17(18)21;1-13-6-8-16-17-9-7-14(2)23-20(17)25-19(16)18(13)24-15(3)21(4)10-11-22(24,5)12-21;1-13-6-11-17-18-5-4-12-22-21(18)25-20(17)19(13)24-14(2)23(3)15-7-9-16(24)10-8-15;1-12-5-7-16-17-8-6-13(2)22-20(17)24-19(16)18(12)23-14(3)21(4)10-9-15(23)11-21;1-12-5-7-16-17-8-6-13(2)22-20(17)24-19(16)18(12)23-14(3)15-9-10-21(23,4)11-15;1-11-4-8-16-17-9-5-12(2)21-20(17)23-19(16)18(11)22-13(3)14-6-7-15(22)10-14/h4-11,14,16,21-22H,12-13H2,1-3H3;6-9,15H,10-12H2,1-5H3;4-6,11-12,14-16H,7-10H2,1-3H3;2*5-8,14-15H,9-11H2,1-4H3;4-5,8-9,13-15H,6-7,10H2,1-3H3/t16-,21?,22?;15-,21?,22?;14-,15?,16?;2*14-,15?,21?;13-,14?,15?/m000000/s1. The van der Waals surface area contributed by atoms with Gasteiger partial charge in [-0.3, -0.25) is 9.80 Å². The highest BCUT2D eigenvalue weighted by Crippen LogP contribution is 2.63. The van der Waals surface area contributed by atoms with Crippen LogP contribution in [0.15, 0.2) is 209 Å². The molecule has 7 aromatic carbocycles. The lowest BCUT2D eigenvalue weighted by Crippen LogP contribution is -2.49. The van der Waals surface area contributed by atoms with Gasteiger partial charge >= 0.3 is 0 Å². The Balaban J connectivity index is 0.0000000909. The Hall–Kier alpha value is -13.0. The van der Waals surface area contributed by atoms with Crippen molar-refractivity contribution in [2.75, 3.05) is 43.5 Å². The summed E-state index contributed by atoms with van der Waals surface area (Å²) in [4.78, 5) is 48.3. The Bertz CT molecular complexity index is 8630. The molecule has 10 unspecified atom stereocenters. The lowest BCUT2D eigenvalue weighted by atomic mass is 9.82. The highest BCUT2D eigenvalue weighted by Gasteiger charge is 2.60. The molecule has 0 spiro atoms. The summed E-state index contributed by atoms with van der Waals surface area (Å²) in [5, 5.41) is 13.8. The molecule has 0 radical (unpaired) electrons. The van der Waals surface area contributed by atoms with Gasteiger partial charge in [-0.25, -0.2) is 29.9 Å². The normalized spacial score (nSPS) is 28.0. The van der Waals surface area contributed by atoms with Crippen LogP contribution in [0.25, 0.3) is 132 Å². The lowest BCUT2D eigenvalue weighted by molar-refractivity contribution is 0.184. The van der Waals surface area contributed by atoms with E-state index in [1.165, 1.54) is 215 Å². The molecular formula is C130H146N14O6. The molecule has 5 saturated carbocycles. The van der Waals surface area contributed by atoms with Gasteiger partial charge in [0.05, 0.1) is 52.5 Å². The third kappa shape index (κ3) is 15.1. The first-order valence-electron chi connectivity index (χ1n) is 56.2. The molecule has 772 valence electrons. The van der Waals surface area contributed by atoms with Crippen molar-refractivity contribution < 1.29 is 26.5 Å². The maximum atomic E-state index is 6.37. The third-order valence-electron chi connectivity index (χ3n) is 39.8. The van der Waals surface area contributed by atoms with E-state index in [4.69, 9.17) is 26.5 Å². The van der Waals surface area contributed by atoms with Crippen molar-refractivity contribution in [1.82, 2.24) is 39.7 Å². The molecule has 14 aliphatic rings. The number of aromatic nitrogens is 6. The van der Waals surface area contributed by atoms with Gasteiger partial charge in [0.2, 0.25) is 34.3 Å². The first-order chi connectivity index (χ1) is 72.2. The number of rotatable bonds is 6. The molecule has 8 aliphatic heterocycles. The summed E-state index contributed by atoms with van der Waals surface area (Å²) in [6.07, 6.45) is 27.6. The zero-order chi connectivity index (χ0) is 103. The van der Waals surface area contributed by atoms with Gasteiger partial charge in [-0.15, -0.1) is 0 Å². The van der Waals surface area contributed by atoms with Crippen LogP contribution in [0.5, 0.6) is 0 Å². The van der Waals surface area contributed by atoms with Crippen LogP contribution >= 0.6 is 0 Å². The number of hydrogen-bond acceptors (Lipinski definition) is 20. The maximum absolute atomic E-state index is 6.37. The van der Waals surface area contributed by atoms with Gasteiger partial charge in [-0.2, -0.15) is 0 Å². The topological polar surface area (TPSA) is 182 Å². The minimum atomic E-state index is 0.232. The van der Waals surface area contributed by atoms with Crippen LogP contribution in [0.1, 0.15) is 264 Å². The quantitative estimate of drug-likeness (QED) is 0.153. The fourth-order valence-electron chi connectivity index (χ4n) is 31.4. The molecular weight excluding hydrogens is 1850 g/mol. The number of benzene rings is 7. The van der Waals surface area contributed by atoms with E-state index in [1.54, 1.807) is 12.4 Å². The van der Waals surface area contributed by atoms with E-state index in [9.17, 15) is 0 Å². The van der Waals surface area contributed by atoms with Crippen molar-refractivity contribution in [3.8, 4) is 0 Å². The molecule has 6 aliphatic carbocycles. The average Bonchev–Trinajstić information content (AvgIpc) is 1.53. The summed E-state index contributed by atoms with van der Waals surface area (Å²) in [6.45, 7) is 45.3. The predicted molar refractivity (Wildman–Crippen MR) is 614 cm³/mol. The molecule has 20 heteroatoms. The van der Waals surface area contributed by atoms with Gasteiger partial charge in [0.1, 0.15) is 0 Å². The average molecular weight is 2000 g/mol. The second-order valence-corrected chi connectivity index (χ2v) is 48.8. The molecule has 0 amide bonds. The van der Waals surface area contributed by atoms with Gasteiger partial charge in [-0.05, 0) is 394 Å². The summed E-state index contributed by atoms with van der Waals surface area (Å²) in [5.74, 6) is 1.66. The van der Waals surface area contributed by atoms with E-state index in [2.05, 4.69) is 352 Å². The number of hydrogen-bond donors (Lipinski definition) is 0. The van der Waals surface area contributed by atoms with Crippen LogP contribution in [0.2, 0.25) is 0 Å². The van der Waals surface area contributed by atoms with E-state index in [0.717, 1.165) is 147 Å². The van der Waals surface area contributed by atoms with Crippen LogP contribution in [0.4, 0.5) is 34.1 Å². The predicted octanol–water partition coefficient (Wildman–Crippen LogP) is 32.1. The lowest BCUT2D eigenvalue weighted by Gasteiger charge is -2.44.